The second-order valence-corrected chi connectivity index (χ2v) is 19.6. The molecule has 3 aliphatic rings. The summed E-state index contributed by atoms with van der Waals surface area (Å²) >= 11 is 6.79. The van der Waals surface area contributed by atoms with E-state index in [1.165, 1.54) is 10.9 Å². The molecule has 11 nitrogen and oxygen atoms in total. The van der Waals surface area contributed by atoms with Gasteiger partial charge in [0.05, 0.1) is 67.0 Å². The predicted molar refractivity (Wildman–Crippen MR) is 277 cm³/mol. The predicted octanol–water partition coefficient (Wildman–Crippen LogP) is 10.1. The topological polar surface area (TPSA) is 142 Å². The lowest BCUT2D eigenvalue weighted by Gasteiger charge is -2.36. The first kappa shape index (κ1) is 46.7. The van der Waals surface area contributed by atoms with Crippen LogP contribution in [0.25, 0.3) is 48.8 Å². The molecule has 2 fully saturated rings. The zero-order valence-corrected chi connectivity index (χ0v) is 40.3. The fourth-order valence-corrected chi connectivity index (χ4v) is 11.5. The first-order valence-corrected chi connectivity index (χ1v) is 24.7. The van der Waals surface area contributed by atoms with Crippen molar-refractivity contribution in [2.24, 2.45) is 5.92 Å². The maximum absolute atomic E-state index is 15.7. The average Bonchev–Trinajstić information content (AvgIpc) is 3.51. The van der Waals surface area contributed by atoms with E-state index in [4.69, 9.17) is 31.0 Å². The molecule has 5 unspecified atom stereocenters. The lowest BCUT2D eigenvalue weighted by molar-refractivity contribution is -0.0734. The molecule has 360 valence electrons. The van der Waals surface area contributed by atoms with Crippen LogP contribution in [-0.2, 0) is 28.7 Å². The molecule has 2 N–H and O–H groups in total. The van der Waals surface area contributed by atoms with Crippen molar-refractivity contribution in [2.45, 2.75) is 76.7 Å². The van der Waals surface area contributed by atoms with Crippen molar-refractivity contribution in [2.75, 3.05) is 26.4 Å². The first-order valence-electron chi connectivity index (χ1n) is 24.4. The van der Waals surface area contributed by atoms with Crippen LogP contribution in [0.4, 0.5) is 4.39 Å². The fourth-order valence-electron chi connectivity index (χ4n) is 11.2. The SMILES string of the molecule is CCC1=C(C)C=CC(c2cc(Cc3cc4c(=O)n(C5C(O)COCC5Cc5cc(Cc6cc7c(=O)n(C8CCOCC8O)cnc7c7ccccc67)cc(Cl)n5)ccc4c4ccccc34)ccn2)=C(F)C1. The van der Waals surface area contributed by atoms with E-state index in [2.05, 4.69) is 11.1 Å². The summed E-state index contributed by atoms with van der Waals surface area (Å²) in [6, 6.07) is 28.4. The normalized spacial score (nSPS) is 21.0. The summed E-state index contributed by atoms with van der Waals surface area (Å²) in [4.78, 5) is 43.2. The zero-order chi connectivity index (χ0) is 48.9. The van der Waals surface area contributed by atoms with Gasteiger partial charge in [-0.15, -0.1) is 0 Å². The van der Waals surface area contributed by atoms with Crippen molar-refractivity contribution in [3.8, 4) is 0 Å². The van der Waals surface area contributed by atoms with Gasteiger partial charge in [0.1, 0.15) is 11.0 Å². The maximum Gasteiger partial charge on any atom is 0.261 e. The third kappa shape index (κ3) is 8.93. The molecule has 8 aromatic rings. The van der Waals surface area contributed by atoms with Gasteiger partial charge in [-0.3, -0.25) is 19.1 Å². The molecule has 71 heavy (non-hydrogen) atoms. The van der Waals surface area contributed by atoms with Gasteiger partial charge in [0.25, 0.3) is 11.1 Å². The van der Waals surface area contributed by atoms with Crippen molar-refractivity contribution >= 4 is 60.4 Å². The highest BCUT2D eigenvalue weighted by Crippen LogP contribution is 2.36. The van der Waals surface area contributed by atoms with Crippen molar-refractivity contribution in [1.82, 2.24) is 24.1 Å². The van der Waals surface area contributed by atoms with E-state index in [0.29, 0.717) is 70.7 Å². The lowest BCUT2D eigenvalue weighted by atomic mass is 9.88. The largest absolute Gasteiger partial charge is 0.389 e. The van der Waals surface area contributed by atoms with Crippen molar-refractivity contribution in [1.29, 1.82) is 0 Å². The number of aliphatic hydroxyl groups excluding tert-OH is 2. The van der Waals surface area contributed by atoms with Gasteiger partial charge in [-0.25, -0.2) is 14.4 Å². The molecule has 11 rings (SSSR count). The molecule has 4 aromatic heterocycles. The van der Waals surface area contributed by atoms with Crippen LogP contribution < -0.4 is 11.1 Å². The van der Waals surface area contributed by atoms with Crippen LogP contribution in [0.5, 0.6) is 0 Å². The Morgan fingerprint density at radius 2 is 1.45 bits per heavy atom. The maximum atomic E-state index is 15.7. The third-order valence-electron chi connectivity index (χ3n) is 14.8. The molecule has 6 heterocycles. The summed E-state index contributed by atoms with van der Waals surface area (Å²) in [7, 11) is 0. The van der Waals surface area contributed by atoms with Crippen molar-refractivity contribution < 1.29 is 24.1 Å². The molecule has 5 atom stereocenters. The fraction of sp³-hybridized carbons (Fsp3) is 0.293. The Hall–Kier alpha value is -6.67. The number of rotatable bonds is 10. The molecule has 1 aliphatic carbocycles. The second kappa shape index (κ2) is 19.5. The van der Waals surface area contributed by atoms with Crippen LogP contribution in [0, 0.1) is 5.92 Å². The highest BCUT2D eigenvalue weighted by atomic mass is 35.5. The number of ether oxygens (including phenoxy) is 2. The quantitative estimate of drug-likeness (QED) is 0.101. The summed E-state index contributed by atoms with van der Waals surface area (Å²) in [6.07, 6.45) is 9.82. The van der Waals surface area contributed by atoms with Crippen LogP contribution in [0.3, 0.4) is 0 Å². The number of nitrogens with zero attached hydrogens (tertiary/aromatic N) is 5. The molecule has 2 saturated heterocycles. The number of fused-ring (bicyclic) bond motifs is 6. The summed E-state index contributed by atoms with van der Waals surface area (Å²) in [6.45, 7) is 5.00. The van der Waals surface area contributed by atoms with Crippen LogP contribution >= 0.6 is 11.6 Å². The minimum absolute atomic E-state index is 0.0634. The van der Waals surface area contributed by atoms with E-state index in [1.807, 2.05) is 111 Å². The Morgan fingerprint density at radius 1 is 0.746 bits per heavy atom. The molecule has 0 bridgehead atoms. The van der Waals surface area contributed by atoms with E-state index < -0.39 is 24.3 Å². The lowest BCUT2D eigenvalue weighted by Crippen LogP contribution is -2.45. The van der Waals surface area contributed by atoms with Gasteiger partial charge >= 0.3 is 0 Å². The van der Waals surface area contributed by atoms with Gasteiger partial charge in [0.15, 0.2) is 0 Å². The smallest absolute Gasteiger partial charge is 0.261 e. The van der Waals surface area contributed by atoms with Gasteiger partial charge in [-0.2, -0.15) is 0 Å². The number of hydrogen-bond donors (Lipinski definition) is 2. The van der Waals surface area contributed by atoms with Gasteiger partial charge < -0.3 is 24.3 Å². The number of pyridine rings is 3. The molecule has 2 aliphatic heterocycles. The zero-order valence-electron chi connectivity index (χ0n) is 39.5. The Kier molecular flexibility index (Phi) is 12.8. The van der Waals surface area contributed by atoms with E-state index in [9.17, 15) is 19.8 Å². The Balaban J connectivity index is 0.915. The van der Waals surface area contributed by atoms with Gasteiger partial charge in [-0.1, -0.05) is 84.3 Å². The number of aromatic nitrogens is 5. The van der Waals surface area contributed by atoms with Gasteiger partial charge in [0.2, 0.25) is 0 Å². The standard InChI is InChI=1S/C58H53ClFN5O6/c1-3-36-28-49(60)46(13-12-33(36)2)50-23-34(14-17-61-50)20-37-26-47-44(43-10-6-4-8-41(37)43)15-18-64(57(47)68)56-39(29-71-31-53(56)67)25-40-22-35(24-54(59)63-40)21-38-27-48-55(45-11-7-5-9-42(38)45)62-32-65(58(48)69)51-16-19-70-30-52(51)66/h4-15,17-18,22-24,26-27,32,39,51-53,56,66-67H,3,16,19-21,25,28-31H2,1-2H3. The van der Waals surface area contributed by atoms with E-state index in [-0.39, 0.29) is 49.1 Å². The number of hydrogen-bond acceptors (Lipinski definition) is 9. The number of allylic oxidation sites excluding steroid dienone is 6. The number of benzene rings is 4. The number of aliphatic hydroxyl groups is 2. The highest BCUT2D eigenvalue weighted by Gasteiger charge is 2.36. The Labute approximate surface area is 414 Å². The Morgan fingerprint density at radius 3 is 2.24 bits per heavy atom. The molecule has 4 aromatic carbocycles. The molecule has 0 amide bonds. The minimum Gasteiger partial charge on any atom is -0.389 e. The molecule has 0 spiro atoms. The van der Waals surface area contributed by atoms with E-state index in [0.717, 1.165) is 66.8 Å². The van der Waals surface area contributed by atoms with Gasteiger partial charge in [-0.05, 0) is 131 Å². The molecular formula is C58H53ClFN5O6. The van der Waals surface area contributed by atoms with Crippen molar-refractivity contribution in [3.63, 3.8) is 0 Å². The highest BCUT2D eigenvalue weighted by molar-refractivity contribution is 6.29. The second-order valence-electron chi connectivity index (χ2n) is 19.2. The molecule has 0 saturated carbocycles. The molecular weight excluding hydrogens is 917 g/mol. The molecule has 0 radical (unpaired) electrons. The van der Waals surface area contributed by atoms with E-state index in [1.54, 1.807) is 17.0 Å². The average molecular weight is 971 g/mol. The number of halogens is 2. The first-order chi connectivity index (χ1) is 34.5. The Bertz CT molecular complexity index is 3640. The summed E-state index contributed by atoms with van der Waals surface area (Å²) in [5.41, 5.74) is 7.64. The summed E-state index contributed by atoms with van der Waals surface area (Å²) < 4.78 is 30.3. The minimum atomic E-state index is -0.985. The van der Waals surface area contributed by atoms with Crippen LogP contribution in [-0.4, -0.2) is 72.9 Å². The summed E-state index contributed by atoms with van der Waals surface area (Å²) in [5.74, 6) is -0.555. The molecule has 13 heteroatoms. The van der Waals surface area contributed by atoms with Crippen LogP contribution in [0.2, 0.25) is 5.15 Å². The third-order valence-corrected chi connectivity index (χ3v) is 15.0. The summed E-state index contributed by atoms with van der Waals surface area (Å²) in [5, 5.41) is 28.3. The van der Waals surface area contributed by atoms with Gasteiger partial charge in [0, 0.05) is 53.4 Å². The van der Waals surface area contributed by atoms with E-state index >= 15 is 4.39 Å². The van der Waals surface area contributed by atoms with Crippen LogP contribution in [0.1, 0.15) is 78.8 Å². The van der Waals surface area contributed by atoms with Crippen molar-refractivity contribution in [3.05, 3.63) is 198 Å². The monoisotopic (exact) mass is 969 g/mol. The van der Waals surface area contributed by atoms with Crippen LogP contribution in [0.15, 0.2) is 148 Å².